The first-order valence-corrected chi connectivity index (χ1v) is 49.0. The Morgan fingerprint density at radius 2 is 0.281 bits per heavy atom. The van der Waals surface area contributed by atoms with E-state index in [4.69, 9.17) is 44.9 Å². The van der Waals surface area contributed by atoms with E-state index < -0.39 is 0 Å². The van der Waals surface area contributed by atoms with Gasteiger partial charge in [0.25, 0.3) is 0 Å². The lowest BCUT2D eigenvalue weighted by Gasteiger charge is -2.11. The fourth-order valence-electron chi connectivity index (χ4n) is 20.0. The van der Waals surface area contributed by atoms with Crippen LogP contribution in [0.1, 0.15) is 0 Å². The fraction of sp³-hybridized carbons (Fsp3) is 0. The highest BCUT2D eigenvalue weighted by molar-refractivity contribution is 7.26. The maximum absolute atomic E-state index is 5.12. The van der Waals surface area contributed by atoms with Crippen LogP contribution < -0.4 is 0 Å². The Morgan fingerprint density at radius 3 is 0.590 bits per heavy atom. The molecule has 9 nitrogen and oxygen atoms in total. The molecule has 6 heterocycles. The lowest BCUT2D eigenvalue weighted by atomic mass is 9.99. The van der Waals surface area contributed by atoms with Crippen LogP contribution in [-0.4, -0.2) is 44.9 Å². The molecular weight excluding hydrogens is 1750 g/mol. The molecule has 0 atom stereocenters. The van der Waals surface area contributed by atoms with Gasteiger partial charge in [0.1, 0.15) is 0 Å². The van der Waals surface area contributed by atoms with Crippen molar-refractivity contribution in [3.05, 3.63) is 455 Å². The second-order valence-corrected chi connectivity index (χ2v) is 38.7. The highest BCUT2D eigenvalue weighted by Crippen LogP contribution is 2.44. The maximum atomic E-state index is 5.12. The van der Waals surface area contributed by atoms with Crippen LogP contribution in [-0.2, 0) is 0 Å². The van der Waals surface area contributed by atoms with Crippen LogP contribution >= 0.6 is 34.0 Å². The van der Waals surface area contributed by atoms with E-state index in [2.05, 4.69) is 455 Å². The molecule has 0 saturated heterocycles. The molecule has 0 bridgehead atoms. The van der Waals surface area contributed by atoms with Gasteiger partial charge < -0.3 is 0 Å². The first-order chi connectivity index (χ1) is 68.7. The van der Waals surface area contributed by atoms with Crippen LogP contribution in [0.25, 0.3) is 282 Å². The number of hydrogen-bond donors (Lipinski definition) is 0. The van der Waals surface area contributed by atoms with Crippen molar-refractivity contribution in [1.82, 2.24) is 44.9 Å². The van der Waals surface area contributed by atoms with Crippen molar-refractivity contribution in [2.24, 2.45) is 0 Å². The Bertz CT molecular complexity index is 9970. The fourth-order valence-corrected chi connectivity index (χ4v) is 23.5. The van der Waals surface area contributed by atoms with Crippen LogP contribution in [0, 0.1) is 0 Å². The third-order valence-electron chi connectivity index (χ3n) is 27.0. The summed E-state index contributed by atoms with van der Waals surface area (Å²) >= 11 is 5.41. The number of nitrogens with zero attached hydrogens (tertiary/aromatic N) is 9. The van der Waals surface area contributed by atoms with E-state index in [0.29, 0.717) is 52.4 Å². The monoisotopic (exact) mass is 1820 g/mol. The quantitative estimate of drug-likeness (QED) is 0.123. The number of thiophene rings is 3. The van der Waals surface area contributed by atoms with Crippen molar-refractivity contribution < 1.29 is 0 Å². The first-order valence-electron chi connectivity index (χ1n) is 46.6. The van der Waals surface area contributed by atoms with Gasteiger partial charge in [0.05, 0.1) is 0 Å². The third kappa shape index (κ3) is 14.9. The van der Waals surface area contributed by atoms with Gasteiger partial charge in [-0.15, -0.1) is 34.0 Å². The summed E-state index contributed by atoms with van der Waals surface area (Å²) in [6.45, 7) is 0. The van der Waals surface area contributed by atoms with Crippen molar-refractivity contribution in [2.45, 2.75) is 0 Å². The standard InChI is InChI=1S/C45H27N3S.C43H25N3S.C39H23N3S/c1-2-8-28(9-3-1)30-15-16-32-25-34(19-17-31(32)24-30)43-46-44(35-20-22-38-33(26-35)18-14-29-10-4-5-11-37(29)38)48-45(47-43)36-21-23-40-39-12-6-7-13-41(39)49-42(40)27-36;1-3-9-33-26(7-1)13-15-28-23-30(17-20-35(28)33)41-44-42(31-18-21-36-29(24-31)16-14-27-8-2-4-10-34(27)36)46-43(45-41)32-19-22-38-37-11-5-6-12-39(37)47-40(38)25-32;1-2-9-26-21-28(16-13-24(26)7-1)37-40-38(29-17-19-32-27(22-29)15-14-25-8-3-4-10-31(25)32)42-39(41-37)30-18-20-34-33-11-5-6-12-35(33)43-36(34)23-30/h1-27H;1-25H;1-23H. The zero-order valence-corrected chi connectivity index (χ0v) is 77.0. The van der Waals surface area contributed by atoms with Crippen LogP contribution in [0.15, 0.2) is 455 Å². The summed E-state index contributed by atoms with van der Waals surface area (Å²) < 4.78 is 7.52. The molecule has 6 aromatic heterocycles. The van der Waals surface area contributed by atoms with E-state index in [9.17, 15) is 0 Å². The Hall–Kier alpha value is -17.7. The maximum Gasteiger partial charge on any atom is 0.164 e. The summed E-state index contributed by atoms with van der Waals surface area (Å²) in [5, 5.41) is 31.7. The second kappa shape index (κ2) is 33.8. The number of fused-ring (bicyclic) bond motifs is 23. The summed E-state index contributed by atoms with van der Waals surface area (Å²) in [5.41, 5.74) is 11.1. The van der Waals surface area contributed by atoms with Gasteiger partial charge in [0.15, 0.2) is 52.4 Å². The molecule has 0 fully saturated rings. The van der Waals surface area contributed by atoms with Crippen LogP contribution in [0.3, 0.4) is 0 Å². The molecule has 646 valence electrons. The molecule has 0 aliphatic rings. The summed E-state index contributed by atoms with van der Waals surface area (Å²) in [4.78, 5) is 45.9. The molecular formula is C127H75N9S3. The van der Waals surface area contributed by atoms with E-state index >= 15 is 0 Å². The summed E-state index contributed by atoms with van der Waals surface area (Å²) in [7, 11) is 0. The smallest absolute Gasteiger partial charge is 0.164 e. The molecule has 0 aliphatic carbocycles. The van der Waals surface area contributed by atoms with Crippen molar-refractivity contribution in [3.8, 4) is 114 Å². The van der Waals surface area contributed by atoms with Gasteiger partial charge >= 0.3 is 0 Å². The lowest BCUT2D eigenvalue weighted by molar-refractivity contribution is 1.08. The number of aromatic nitrogens is 9. The molecule has 0 unspecified atom stereocenters. The number of benzene rings is 23. The van der Waals surface area contributed by atoms with Gasteiger partial charge in [-0.25, -0.2) is 44.9 Å². The molecule has 0 radical (unpaired) electrons. The van der Waals surface area contributed by atoms with E-state index in [1.54, 1.807) is 34.0 Å². The number of rotatable bonds is 10. The molecule has 12 heteroatoms. The minimum atomic E-state index is 0.657. The molecule has 0 amide bonds. The lowest BCUT2D eigenvalue weighted by Crippen LogP contribution is -2.00. The second-order valence-electron chi connectivity index (χ2n) is 35.4. The normalized spacial score (nSPS) is 11.7. The van der Waals surface area contributed by atoms with Gasteiger partial charge in [0.2, 0.25) is 0 Å². The van der Waals surface area contributed by atoms with E-state index in [1.807, 2.05) is 0 Å². The van der Waals surface area contributed by atoms with Crippen molar-refractivity contribution in [1.29, 1.82) is 0 Å². The van der Waals surface area contributed by atoms with Crippen LogP contribution in [0.2, 0.25) is 0 Å². The molecule has 29 rings (SSSR count). The molecule has 0 aliphatic heterocycles. The summed E-state index contributed by atoms with van der Waals surface area (Å²) in [5.74, 6) is 5.98. The SMILES string of the molecule is c1ccc(-c2ccc3cc(-c4nc(-c5ccc6c(ccc7ccccc76)c5)nc(-c5ccc6c(c5)sc5ccccc56)n4)ccc3c2)cc1.c1ccc2c(c1)ccc1cc(-c3nc(-c4ccc5c(ccc6ccccc65)c4)nc(-c4ccc5c(c4)sc4ccccc45)n3)ccc12.c1ccc2cc(-c3nc(-c4ccc5c(ccc6ccccc65)c4)nc(-c4ccc5c(c4)sc4ccccc45)n3)ccc2c1. The Kier molecular flexibility index (Phi) is 19.7. The van der Waals surface area contributed by atoms with Crippen molar-refractivity contribution in [2.75, 3.05) is 0 Å². The van der Waals surface area contributed by atoms with Gasteiger partial charge in [0, 0.05) is 111 Å². The van der Waals surface area contributed by atoms with Crippen molar-refractivity contribution in [3.63, 3.8) is 0 Å². The van der Waals surface area contributed by atoms with Gasteiger partial charge in [-0.2, -0.15) is 0 Å². The molecule has 0 N–H and O–H groups in total. The highest BCUT2D eigenvalue weighted by Gasteiger charge is 2.22. The summed E-state index contributed by atoms with van der Waals surface area (Å²) in [6.07, 6.45) is 0. The van der Waals surface area contributed by atoms with Gasteiger partial charge in [-0.05, 0) is 198 Å². The minimum Gasteiger partial charge on any atom is -0.208 e. The molecule has 29 aromatic rings. The Balaban J connectivity index is 0.000000105. The highest BCUT2D eigenvalue weighted by atomic mass is 32.1. The topological polar surface area (TPSA) is 116 Å². The van der Waals surface area contributed by atoms with Crippen LogP contribution in [0.5, 0.6) is 0 Å². The molecule has 139 heavy (non-hydrogen) atoms. The Morgan fingerprint density at radius 1 is 0.101 bits per heavy atom. The summed E-state index contributed by atoms with van der Waals surface area (Å²) in [6, 6.07) is 162. The first kappa shape index (κ1) is 81.0. The Labute approximate surface area is 809 Å². The zero-order chi connectivity index (χ0) is 91.5. The average Bonchev–Trinajstić information content (AvgIpc) is 1.29. The minimum absolute atomic E-state index is 0.657. The van der Waals surface area contributed by atoms with E-state index in [1.165, 1.54) is 147 Å². The van der Waals surface area contributed by atoms with E-state index in [-0.39, 0.29) is 0 Å². The average molecular weight is 1820 g/mol. The molecule has 23 aromatic carbocycles. The zero-order valence-electron chi connectivity index (χ0n) is 74.6. The molecule has 0 spiro atoms. The van der Waals surface area contributed by atoms with Gasteiger partial charge in [-0.3, -0.25) is 0 Å². The number of hydrogen-bond acceptors (Lipinski definition) is 12. The predicted octanol–water partition coefficient (Wildman–Crippen LogP) is 34.9. The molecule has 0 saturated carbocycles. The van der Waals surface area contributed by atoms with E-state index in [0.717, 1.165) is 82.4 Å². The van der Waals surface area contributed by atoms with Crippen LogP contribution in [0.4, 0.5) is 0 Å². The predicted molar refractivity (Wildman–Crippen MR) is 588 cm³/mol. The largest absolute Gasteiger partial charge is 0.208 e. The third-order valence-corrected chi connectivity index (χ3v) is 30.4. The van der Waals surface area contributed by atoms with Crippen molar-refractivity contribution >= 4 is 202 Å². The van der Waals surface area contributed by atoms with Gasteiger partial charge in [-0.1, -0.05) is 376 Å².